The van der Waals surface area contributed by atoms with Crippen LogP contribution in [0.2, 0.25) is 5.02 Å². The number of aromatic nitrogens is 2. The predicted octanol–water partition coefficient (Wildman–Crippen LogP) is 3.73. The van der Waals surface area contributed by atoms with Crippen molar-refractivity contribution in [2.24, 2.45) is 0 Å². The summed E-state index contributed by atoms with van der Waals surface area (Å²) < 4.78 is 40.9. The van der Waals surface area contributed by atoms with Crippen LogP contribution < -0.4 is 20.3 Å². The van der Waals surface area contributed by atoms with Crippen LogP contribution in [0.25, 0.3) is 0 Å². The highest BCUT2D eigenvalue weighted by atomic mass is 35.5. The number of rotatable bonds is 7. The van der Waals surface area contributed by atoms with E-state index < -0.39 is 20.7 Å². The van der Waals surface area contributed by atoms with E-state index in [2.05, 4.69) is 25.3 Å². The van der Waals surface area contributed by atoms with Gasteiger partial charge in [-0.2, -0.15) is 0 Å². The Bertz CT molecular complexity index is 1160. The Labute approximate surface area is 179 Å². The molecule has 0 radical (unpaired) electrons. The fourth-order valence-corrected chi connectivity index (χ4v) is 3.58. The van der Waals surface area contributed by atoms with Crippen molar-refractivity contribution in [1.82, 2.24) is 14.7 Å². The number of nitrogens with zero attached hydrogens (tertiary/aromatic N) is 3. The van der Waals surface area contributed by atoms with Gasteiger partial charge >= 0.3 is 0 Å². The molecule has 0 aliphatic heterocycles. The largest absolute Gasteiger partial charge is 0.376 e. The second-order valence-electron chi connectivity index (χ2n) is 6.45. The van der Waals surface area contributed by atoms with Crippen LogP contribution in [-0.4, -0.2) is 39.5 Å². The van der Waals surface area contributed by atoms with Crippen LogP contribution in [-0.2, 0) is 10.0 Å². The maximum atomic E-state index is 14.4. The third kappa shape index (κ3) is 4.96. The first-order valence-corrected chi connectivity index (χ1v) is 10.6. The fraction of sp³-hybridized carbons (Fsp3) is 0.158. The number of benzene rings is 2. The summed E-state index contributed by atoms with van der Waals surface area (Å²) in [6, 6.07) is 11.1. The van der Waals surface area contributed by atoms with Crippen molar-refractivity contribution in [2.45, 2.75) is 4.90 Å². The molecule has 0 saturated carbocycles. The maximum absolute atomic E-state index is 14.4. The molecule has 0 atom stereocenters. The summed E-state index contributed by atoms with van der Waals surface area (Å²) in [6.45, 7) is 0. The summed E-state index contributed by atoms with van der Waals surface area (Å²) in [6.07, 6.45) is 1.35. The molecule has 0 aliphatic carbocycles. The average molecular weight is 451 g/mol. The number of nitrogens with one attached hydrogen (secondary N) is 3. The number of hydrogen-bond donors (Lipinski definition) is 3. The second-order valence-corrected chi connectivity index (χ2v) is 8.74. The van der Waals surface area contributed by atoms with E-state index in [4.69, 9.17) is 11.6 Å². The van der Waals surface area contributed by atoms with Gasteiger partial charge in [-0.25, -0.2) is 27.5 Å². The summed E-state index contributed by atoms with van der Waals surface area (Å²) in [5, 5.41) is 6.78. The zero-order chi connectivity index (χ0) is 21.9. The van der Waals surface area contributed by atoms with Gasteiger partial charge in [0.05, 0.1) is 11.4 Å². The lowest BCUT2D eigenvalue weighted by molar-refractivity contribution is 0.561. The van der Waals surface area contributed by atoms with E-state index in [1.165, 1.54) is 19.4 Å². The highest BCUT2D eigenvalue weighted by molar-refractivity contribution is 7.89. The molecule has 11 heteroatoms. The zero-order valence-electron chi connectivity index (χ0n) is 16.4. The molecule has 3 N–H and O–H groups in total. The van der Waals surface area contributed by atoms with Crippen molar-refractivity contribution in [3.05, 3.63) is 59.6 Å². The number of sulfonamides is 1. The number of anilines is 5. The molecule has 158 valence electrons. The van der Waals surface area contributed by atoms with Crippen LogP contribution in [0.4, 0.5) is 33.1 Å². The van der Waals surface area contributed by atoms with Crippen molar-refractivity contribution in [3.8, 4) is 0 Å². The molecule has 0 aliphatic rings. The summed E-state index contributed by atoms with van der Waals surface area (Å²) in [5.41, 5.74) is 1.60. The summed E-state index contributed by atoms with van der Waals surface area (Å²) >= 11 is 5.90. The van der Waals surface area contributed by atoms with E-state index in [1.807, 2.05) is 0 Å². The molecule has 0 saturated heterocycles. The molecule has 0 spiro atoms. The van der Waals surface area contributed by atoms with E-state index in [0.717, 1.165) is 11.8 Å². The van der Waals surface area contributed by atoms with Crippen LogP contribution in [0.3, 0.4) is 0 Å². The van der Waals surface area contributed by atoms with Gasteiger partial charge in [0.1, 0.15) is 28.7 Å². The number of hydrogen-bond acceptors (Lipinski definition) is 7. The molecule has 1 aromatic heterocycles. The molecule has 0 bridgehead atoms. The van der Waals surface area contributed by atoms with Crippen molar-refractivity contribution in [2.75, 3.05) is 36.7 Å². The molecule has 2 aromatic carbocycles. The Hall–Kier alpha value is -2.95. The van der Waals surface area contributed by atoms with Crippen LogP contribution in [0, 0.1) is 5.82 Å². The van der Waals surface area contributed by atoms with Gasteiger partial charge in [-0.05, 0) is 37.4 Å². The molecular weight excluding hydrogens is 431 g/mol. The van der Waals surface area contributed by atoms with Gasteiger partial charge < -0.3 is 15.5 Å². The molecule has 0 fully saturated rings. The van der Waals surface area contributed by atoms with E-state index >= 15 is 0 Å². The Kier molecular flexibility index (Phi) is 6.40. The smallest absolute Gasteiger partial charge is 0.243 e. The highest BCUT2D eigenvalue weighted by Crippen LogP contribution is 2.32. The Morgan fingerprint density at radius 2 is 1.63 bits per heavy atom. The molecule has 0 amide bonds. The van der Waals surface area contributed by atoms with E-state index in [1.54, 1.807) is 49.3 Å². The van der Waals surface area contributed by atoms with Crippen LogP contribution in [0.1, 0.15) is 0 Å². The van der Waals surface area contributed by atoms with Gasteiger partial charge in [-0.15, -0.1) is 0 Å². The molecule has 3 rings (SSSR count). The van der Waals surface area contributed by atoms with Crippen molar-refractivity contribution in [1.29, 1.82) is 0 Å². The first kappa shape index (κ1) is 21.8. The number of halogens is 2. The van der Waals surface area contributed by atoms with Gasteiger partial charge in [0.15, 0.2) is 0 Å². The topological polar surface area (TPSA) is 99.2 Å². The van der Waals surface area contributed by atoms with Crippen molar-refractivity contribution in [3.63, 3.8) is 0 Å². The molecule has 3 aromatic rings. The molecule has 8 nitrogen and oxygen atoms in total. The fourth-order valence-electron chi connectivity index (χ4n) is 2.64. The van der Waals surface area contributed by atoms with Crippen LogP contribution in [0.5, 0.6) is 0 Å². The Balaban J connectivity index is 1.95. The normalized spacial score (nSPS) is 11.2. The van der Waals surface area contributed by atoms with Gasteiger partial charge in [0.2, 0.25) is 10.0 Å². The third-order valence-electron chi connectivity index (χ3n) is 4.14. The van der Waals surface area contributed by atoms with Gasteiger partial charge in [-0.3, -0.25) is 0 Å². The Morgan fingerprint density at radius 3 is 2.23 bits per heavy atom. The van der Waals surface area contributed by atoms with Crippen LogP contribution >= 0.6 is 11.6 Å². The molecular formula is C19H20ClFN6O2S. The lowest BCUT2D eigenvalue weighted by Gasteiger charge is -2.20. The lowest BCUT2D eigenvalue weighted by Crippen LogP contribution is -2.21. The summed E-state index contributed by atoms with van der Waals surface area (Å²) in [5.74, 6) is 0.0433. The van der Waals surface area contributed by atoms with E-state index in [-0.39, 0.29) is 0 Å². The van der Waals surface area contributed by atoms with Crippen molar-refractivity contribution < 1.29 is 12.8 Å². The van der Waals surface area contributed by atoms with E-state index in [9.17, 15) is 12.8 Å². The molecule has 30 heavy (non-hydrogen) atoms. The standard InChI is InChI=1S/C19H20ClFN6O2S/c1-22-30(28,29)17-9-15(16(27(2)3)8-14(17)21)26-19-10-18(23-11-24-19)25-13-6-4-12(20)5-7-13/h4-11,22H,1-3H3,(H2,23,24,25,26). The summed E-state index contributed by atoms with van der Waals surface area (Å²) in [7, 11) is 0.689. The van der Waals surface area contributed by atoms with Crippen molar-refractivity contribution >= 4 is 50.3 Å². The Morgan fingerprint density at radius 1 is 1.00 bits per heavy atom. The minimum absolute atomic E-state index is 0.367. The summed E-state index contributed by atoms with van der Waals surface area (Å²) in [4.78, 5) is 9.53. The minimum Gasteiger partial charge on any atom is -0.376 e. The SMILES string of the molecule is CNS(=O)(=O)c1cc(Nc2cc(Nc3ccc(Cl)cc3)ncn2)c(N(C)C)cc1F. The second kappa shape index (κ2) is 8.82. The quantitative estimate of drug-likeness (QED) is 0.504. The minimum atomic E-state index is -3.98. The predicted molar refractivity (Wildman–Crippen MR) is 117 cm³/mol. The third-order valence-corrected chi connectivity index (χ3v) is 5.82. The molecule has 0 unspecified atom stereocenters. The highest BCUT2D eigenvalue weighted by Gasteiger charge is 2.21. The lowest BCUT2D eigenvalue weighted by atomic mass is 10.2. The van der Waals surface area contributed by atoms with Gasteiger partial charge in [0.25, 0.3) is 0 Å². The van der Waals surface area contributed by atoms with Gasteiger partial charge in [-0.1, -0.05) is 11.6 Å². The van der Waals surface area contributed by atoms with Gasteiger partial charge in [0, 0.05) is 36.9 Å². The molecule has 1 heterocycles. The van der Waals surface area contributed by atoms with Crippen LogP contribution in [0.15, 0.2) is 53.7 Å². The first-order chi connectivity index (χ1) is 14.2. The first-order valence-electron chi connectivity index (χ1n) is 8.75. The monoisotopic (exact) mass is 450 g/mol. The van der Waals surface area contributed by atoms with E-state index in [0.29, 0.717) is 28.0 Å². The average Bonchev–Trinajstić information content (AvgIpc) is 2.71. The maximum Gasteiger partial charge on any atom is 0.243 e. The zero-order valence-corrected chi connectivity index (χ0v) is 18.0.